The van der Waals surface area contributed by atoms with Gasteiger partial charge in [-0.2, -0.15) is 9.61 Å². The highest BCUT2D eigenvalue weighted by Crippen LogP contribution is 2.29. The van der Waals surface area contributed by atoms with Crippen molar-refractivity contribution in [2.75, 3.05) is 36.0 Å². The van der Waals surface area contributed by atoms with Crippen LogP contribution in [-0.4, -0.2) is 50.9 Å². The molecule has 0 atom stereocenters. The van der Waals surface area contributed by atoms with Gasteiger partial charge in [-0.1, -0.05) is 30.3 Å². The molecule has 1 aliphatic heterocycles. The summed E-state index contributed by atoms with van der Waals surface area (Å²) in [7, 11) is 0. The number of rotatable bonds is 4. The van der Waals surface area contributed by atoms with Crippen LogP contribution in [0.25, 0.3) is 16.8 Å². The van der Waals surface area contributed by atoms with E-state index in [9.17, 15) is 5.11 Å². The molecule has 1 saturated heterocycles. The third-order valence-electron chi connectivity index (χ3n) is 5.44. The van der Waals surface area contributed by atoms with Crippen molar-refractivity contribution in [3.63, 3.8) is 0 Å². The number of hydrogen-bond acceptors (Lipinski definition) is 6. The van der Waals surface area contributed by atoms with Gasteiger partial charge in [0, 0.05) is 44.1 Å². The predicted octanol–water partition coefficient (Wildman–Crippen LogP) is 2.61. The van der Waals surface area contributed by atoms with E-state index in [2.05, 4.69) is 30.9 Å². The third-order valence-corrected chi connectivity index (χ3v) is 5.44. The molecular weight excluding hydrogens is 364 g/mol. The number of fused-ring (bicyclic) bond motifs is 1. The zero-order chi connectivity index (χ0) is 19.6. The molecule has 0 radical (unpaired) electrons. The van der Waals surface area contributed by atoms with Crippen molar-refractivity contribution >= 4 is 17.3 Å². The van der Waals surface area contributed by atoms with Crippen LogP contribution in [-0.2, 0) is 6.61 Å². The van der Waals surface area contributed by atoms with Crippen molar-refractivity contribution in [3.8, 4) is 11.1 Å². The highest BCUT2D eigenvalue weighted by atomic mass is 16.3. The Morgan fingerprint density at radius 1 is 0.793 bits per heavy atom. The summed E-state index contributed by atoms with van der Waals surface area (Å²) in [6.45, 7) is 3.57. The molecule has 1 N–H and O–H groups in total. The summed E-state index contributed by atoms with van der Waals surface area (Å²) in [5.74, 6) is 2.05. The average Bonchev–Trinajstić information content (AvgIpc) is 3.24. The average molecular weight is 386 g/mol. The van der Waals surface area contributed by atoms with Gasteiger partial charge < -0.3 is 14.9 Å². The maximum Gasteiger partial charge on any atom is 0.165 e. The number of piperazine rings is 1. The van der Waals surface area contributed by atoms with Gasteiger partial charge in [0.15, 0.2) is 5.65 Å². The Balaban J connectivity index is 1.44. The van der Waals surface area contributed by atoms with E-state index in [-0.39, 0.29) is 6.61 Å². The molecule has 3 aromatic heterocycles. The fourth-order valence-electron chi connectivity index (χ4n) is 3.93. The second-order valence-electron chi connectivity index (χ2n) is 7.07. The first-order valence-corrected chi connectivity index (χ1v) is 9.78. The van der Waals surface area contributed by atoms with Crippen molar-refractivity contribution in [2.24, 2.45) is 0 Å². The number of hydrogen-bond donors (Lipinski definition) is 1. The SMILES string of the molecule is OCc1ccccc1-c1cnn2c(N3CCN(c4ccccn4)CC3)ccnc12. The molecule has 1 aliphatic rings. The fraction of sp³-hybridized carbons (Fsp3) is 0.227. The molecule has 0 saturated carbocycles. The monoisotopic (exact) mass is 386 g/mol. The second kappa shape index (κ2) is 7.52. The summed E-state index contributed by atoms with van der Waals surface area (Å²) >= 11 is 0. The van der Waals surface area contributed by atoms with Crippen LogP contribution in [0.1, 0.15) is 5.56 Å². The molecule has 0 spiro atoms. The third kappa shape index (κ3) is 3.19. The van der Waals surface area contributed by atoms with Crippen LogP contribution in [0.5, 0.6) is 0 Å². The summed E-state index contributed by atoms with van der Waals surface area (Å²) in [4.78, 5) is 13.7. The number of aliphatic hydroxyl groups is 1. The van der Waals surface area contributed by atoms with Gasteiger partial charge in [0.05, 0.1) is 12.8 Å². The number of anilines is 2. The lowest BCUT2D eigenvalue weighted by atomic mass is 10.0. The van der Waals surface area contributed by atoms with Crippen molar-refractivity contribution in [1.29, 1.82) is 0 Å². The van der Waals surface area contributed by atoms with E-state index in [1.54, 1.807) is 0 Å². The first kappa shape index (κ1) is 17.6. The minimum atomic E-state index is -0.0112. The Kier molecular flexibility index (Phi) is 4.57. The highest BCUT2D eigenvalue weighted by molar-refractivity contribution is 5.80. The molecule has 7 heteroatoms. The quantitative estimate of drug-likeness (QED) is 0.581. The van der Waals surface area contributed by atoms with E-state index in [4.69, 9.17) is 0 Å². The number of nitrogens with zero attached hydrogens (tertiary/aromatic N) is 6. The lowest BCUT2D eigenvalue weighted by Crippen LogP contribution is -2.47. The normalized spacial score (nSPS) is 14.5. The van der Waals surface area contributed by atoms with Crippen LogP contribution in [0, 0.1) is 0 Å². The molecule has 0 amide bonds. The highest BCUT2D eigenvalue weighted by Gasteiger charge is 2.21. The molecule has 4 heterocycles. The molecule has 1 aromatic carbocycles. The van der Waals surface area contributed by atoms with Gasteiger partial charge in [0.2, 0.25) is 0 Å². The largest absolute Gasteiger partial charge is 0.392 e. The standard InChI is InChI=1S/C22H22N6O/c29-16-17-5-1-2-6-18(17)19-15-25-28-21(8-10-24-22(19)28)27-13-11-26(12-14-27)20-7-3-4-9-23-20/h1-10,15,29H,11-14,16H2. The maximum atomic E-state index is 9.70. The molecule has 0 aliphatic carbocycles. The number of benzene rings is 1. The van der Waals surface area contributed by atoms with Crippen molar-refractivity contribution in [2.45, 2.75) is 6.61 Å². The molecule has 146 valence electrons. The van der Waals surface area contributed by atoms with Crippen LogP contribution >= 0.6 is 0 Å². The lowest BCUT2D eigenvalue weighted by Gasteiger charge is -2.36. The summed E-state index contributed by atoms with van der Waals surface area (Å²) < 4.78 is 1.90. The van der Waals surface area contributed by atoms with Crippen LogP contribution in [0.2, 0.25) is 0 Å². The van der Waals surface area contributed by atoms with E-state index >= 15 is 0 Å². The van der Waals surface area contributed by atoms with Gasteiger partial charge in [-0.15, -0.1) is 0 Å². The van der Waals surface area contributed by atoms with Crippen LogP contribution in [0.3, 0.4) is 0 Å². The topological polar surface area (TPSA) is 69.8 Å². The Morgan fingerprint density at radius 3 is 2.38 bits per heavy atom. The molecule has 7 nitrogen and oxygen atoms in total. The van der Waals surface area contributed by atoms with Crippen LogP contribution in [0.15, 0.2) is 67.1 Å². The first-order chi connectivity index (χ1) is 14.3. The summed E-state index contributed by atoms with van der Waals surface area (Å²) in [6.07, 6.45) is 5.51. The summed E-state index contributed by atoms with van der Waals surface area (Å²) in [5.41, 5.74) is 3.58. The Bertz CT molecular complexity index is 1120. The maximum absolute atomic E-state index is 9.70. The molecule has 1 fully saturated rings. The molecule has 4 aromatic rings. The van der Waals surface area contributed by atoms with Crippen molar-refractivity contribution in [1.82, 2.24) is 19.6 Å². The van der Waals surface area contributed by atoms with Gasteiger partial charge >= 0.3 is 0 Å². The van der Waals surface area contributed by atoms with Gasteiger partial charge in [0.1, 0.15) is 11.6 Å². The number of aliphatic hydroxyl groups excluding tert-OH is 1. The van der Waals surface area contributed by atoms with E-state index in [1.807, 2.05) is 65.6 Å². The summed E-state index contributed by atoms with van der Waals surface area (Å²) in [6, 6.07) is 15.9. The van der Waals surface area contributed by atoms with Crippen LogP contribution in [0.4, 0.5) is 11.6 Å². The molecule has 0 unspecified atom stereocenters. The van der Waals surface area contributed by atoms with Gasteiger partial charge in [-0.25, -0.2) is 9.97 Å². The lowest BCUT2D eigenvalue weighted by molar-refractivity contribution is 0.282. The van der Waals surface area contributed by atoms with E-state index < -0.39 is 0 Å². The predicted molar refractivity (Wildman–Crippen MR) is 113 cm³/mol. The molecule has 0 bridgehead atoms. The van der Waals surface area contributed by atoms with Crippen molar-refractivity contribution < 1.29 is 5.11 Å². The number of pyridine rings is 1. The molecule has 29 heavy (non-hydrogen) atoms. The van der Waals surface area contributed by atoms with Crippen molar-refractivity contribution in [3.05, 3.63) is 72.7 Å². The summed E-state index contributed by atoms with van der Waals surface area (Å²) in [5, 5.41) is 14.3. The second-order valence-corrected chi connectivity index (χ2v) is 7.07. The molecular formula is C22H22N6O. The first-order valence-electron chi connectivity index (χ1n) is 9.78. The smallest absolute Gasteiger partial charge is 0.165 e. The fourth-order valence-corrected chi connectivity index (χ4v) is 3.93. The zero-order valence-electron chi connectivity index (χ0n) is 16.0. The Labute approximate surface area is 168 Å². The van der Waals surface area contributed by atoms with E-state index in [1.165, 1.54) is 0 Å². The minimum absolute atomic E-state index is 0.0112. The Morgan fingerprint density at radius 2 is 1.59 bits per heavy atom. The minimum Gasteiger partial charge on any atom is -0.392 e. The van der Waals surface area contributed by atoms with E-state index in [0.717, 1.165) is 60.2 Å². The van der Waals surface area contributed by atoms with Gasteiger partial charge in [0.25, 0.3) is 0 Å². The number of aromatic nitrogens is 4. The molecule has 5 rings (SSSR count). The van der Waals surface area contributed by atoms with Crippen LogP contribution < -0.4 is 9.80 Å². The zero-order valence-corrected chi connectivity index (χ0v) is 16.0. The van der Waals surface area contributed by atoms with Gasteiger partial charge in [-0.05, 0) is 29.3 Å². The van der Waals surface area contributed by atoms with Gasteiger partial charge in [-0.3, -0.25) is 0 Å². The van der Waals surface area contributed by atoms with E-state index in [0.29, 0.717) is 0 Å². The Hall–Kier alpha value is -3.45.